The first-order chi connectivity index (χ1) is 10.8. The lowest BCUT2D eigenvalue weighted by Crippen LogP contribution is -2.42. The van der Waals surface area contributed by atoms with Crippen molar-refractivity contribution >= 4 is 0 Å². The molecule has 0 heterocycles. The van der Waals surface area contributed by atoms with Gasteiger partial charge in [-0.1, -0.05) is 6.92 Å². The summed E-state index contributed by atoms with van der Waals surface area (Å²) < 4.78 is 16.1. The molecule has 1 atom stereocenters. The van der Waals surface area contributed by atoms with Crippen LogP contribution in [0.5, 0.6) is 17.2 Å². The maximum atomic E-state index is 10.7. The lowest BCUT2D eigenvalue weighted by Gasteiger charge is -2.35. The second-order valence-corrected chi connectivity index (χ2v) is 6.50. The van der Waals surface area contributed by atoms with E-state index in [-0.39, 0.29) is 5.54 Å². The van der Waals surface area contributed by atoms with Gasteiger partial charge < -0.3 is 19.3 Å². The summed E-state index contributed by atoms with van der Waals surface area (Å²) in [5.74, 6) is 1.79. The monoisotopic (exact) mass is 325 g/mol. The van der Waals surface area contributed by atoms with Crippen molar-refractivity contribution < 1.29 is 19.3 Å². The summed E-state index contributed by atoms with van der Waals surface area (Å²) in [7, 11) is 4.75. The number of hydrogen-bond donors (Lipinski definition) is 1. The highest BCUT2D eigenvalue weighted by Crippen LogP contribution is 2.39. The Balaban J connectivity index is 3.00. The van der Waals surface area contributed by atoms with Crippen LogP contribution in [0.15, 0.2) is 12.1 Å². The molecule has 0 aliphatic rings. The van der Waals surface area contributed by atoms with Crippen molar-refractivity contribution in [1.82, 2.24) is 4.90 Å². The van der Waals surface area contributed by atoms with Gasteiger partial charge in [-0.05, 0) is 33.7 Å². The molecule has 0 aliphatic carbocycles. The van der Waals surface area contributed by atoms with Gasteiger partial charge >= 0.3 is 0 Å². The van der Waals surface area contributed by atoms with Crippen molar-refractivity contribution in [3.05, 3.63) is 17.7 Å². The molecule has 1 aromatic carbocycles. The molecule has 0 saturated heterocycles. The molecule has 0 saturated carbocycles. The normalized spacial score (nSPS) is 13.1. The minimum atomic E-state index is -0.665. The van der Waals surface area contributed by atoms with E-state index in [0.717, 1.165) is 13.1 Å². The van der Waals surface area contributed by atoms with Crippen LogP contribution in [0.25, 0.3) is 0 Å². The summed E-state index contributed by atoms with van der Waals surface area (Å²) in [5, 5.41) is 10.7. The van der Waals surface area contributed by atoms with Gasteiger partial charge in [0, 0.05) is 24.2 Å². The third-order valence-corrected chi connectivity index (χ3v) is 4.09. The Morgan fingerprint density at radius 2 is 1.57 bits per heavy atom. The van der Waals surface area contributed by atoms with Gasteiger partial charge in [-0.2, -0.15) is 0 Å². The molecule has 0 spiro atoms. The van der Waals surface area contributed by atoms with E-state index in [1.807, 2.05) is 0 Å². The second-order valence-electron chi connectivity index (χ2n) is 6.50. The van der Waals surface area contributed by atoms with Crippen LogP contribution in [0.2, 0.25) is 0 Å². The van der Waals surface area contributed by atoms with Gasteiger partial charge in [-0.3, -0.25) is 4.90 Å². The Morgan fingerprint density at radius 1 is 1.04 bits per heavy atom. The molecular formula is C18H31NO4. The Bertz CT molecular complexity index is 471. The highest BCUT2D eigenvalue weighted by molar-refractivity contribution is 5.51. The summed E-state index contributed by atoms with van der Waals surface area (Å²) in [6.45, 7) is 10.4. The van der Waals surface area contributed by atoms with Crippen LogP contribution < -0.4 is 14.2 Å². The van der Waals surface area contributed by atoms with E-state index in [9.17, 15) is 5.11 Å². The molecule has 0 aromatic heterocycles. The first-order valence-corrected chi connectivity index (χ1v) is 8.01. The topological polar surface area (TPSA) is 51.2 Å². The molecule has 1 unspecified atom stereocenters. The van der Waals surface area contributed by atoms with Crippen molar-refractivity contribution in [2.45, 2.75) is 45.8 Å². The van der Waals surface area contributed by atoms with Crippen LogP contribution >= 0.6 is 0 Å². The lowest BCUT2D eigenvalue weighted by molar-refractivity contribution is 0.0970. The largest absolute Gasteiger partial charge is 0.496 e. The highest BCUT2D eigenvalue weighted by atomic mass is 16.5. The van der Waals surface area contributed by atoms with Crippen molar-refractivity contribution in [2.24, 2.45) is 0 Å². The number of aliphatic hydroxyl groups excluding tert-OH is 1. The molecule has 1 rings (SSSR count). The van der Waals surface area contributed by atoms with Gasteiger partial charge in [-0.25, -0.2) is 0 Å². The predicted molar refractivity (Wildman–Crippen MR) is 92.7 cm³/mol. The van der Waals surface area contributed by atoms with E-state index in [1.54, 1.807) is 33.5 Å². The minimum absolute atomic E-state index is 0.0720. The number of hydrogen-bond acceptors (Lipinski definition) is 5. The Kier molecular flexibility index (Phi) is 7.16. The van der Waals surface area contributed by atoms with Gasteiger partial charge in [0.15, 0.2) is 0 Å². The van der Waals surface area contributed by atoms with E-state index in [1.165, 1.54) is 0 Å². The summed E-state index contributed by atoms with van der Waals surface area (Å²) >= 11 is 0. The Labute approximate surface area is 140 Å². The highest BCUT2D eigenvalue weighted by Gasteiger charge is 2.24. The summed E-state index contributed by atoms with van der Waals surface area (Å²) in [6, 6.07) is 3.53. The van der Waals surface area contributed by atoms with E-state index in [0.29, 0.717) is 29.2 Å². The van der Waals surface area contributed by atoms with E-state index >= 15 is 0 Å². The molecule has 5 nitrogen and oxygen atoms in total. The standard InChI is InChI=1S/C18H31NO4/c1-8-19(18(2,3)4)10-9-14(20)17-15(22-6)11-13(21-5)12-16(17)23-7/h11-12,14,20H,8-10H2,1-7H3. The van der Waals surface area contributed by atoms with Gasteiger partial charge in [0.1, 0.15) is 17.2 Å². The quantitative estimate of drug-likeness (QED) is 0.795. The number of rotatable bonds is 8. The van der Waals surface area contributed by atoms with Crippen molar-refractivity contribution in [3.8, 4) is 17.2 Å². The Morgan fingerprint density at radius 3 is 1.91 bits per heavy atom. The SMILES string of the molecule is CCN(CCC(O)c1c(OC)cc(OC)cc1OC)C(C)(C)C. The average Bonchev–Trinajstić information content (AvgIpc) is 2.52. The fourth-order valence-corrected chi connectivity index (χ4v) is 2.75. The zero-order chi connectivity index (χ0) is 17.6. The summed E-state index contributed by atoms with van der Waals surface area (Å²) in [5.41, 5.74) is 0.739. The lowest BCUT2D eigenvalue weighted by atomic mass is 10.0. The number of methoxy groups -OCH3 is 3. The van der Waals surface area contributed by atoms with Crippen LogP contribution in [-0.2, 0) is 0 Å². The van der Waals surface area contributed by atoms with Gasteiger partial charge in [0.2, 0.25) is 0 Å². The van der Waals surface area contributed by atoms with Crippen LogP contribution in [0.1, 0.15) is 45.8 Å². The maximum absolute atomic E-state index is 10.7. The molecule has 1 aromatic rings. The van der Waals surface area contributed by atoms with Crippen LogP contribution in [0.4, 0.5) is 0 Å². The molecular weight excluding hydrogens is 294 g/mol. The Hall–Kier alpha value is -1.46. The molecule has 0 bridgehead atoms. The smallest absolute Gasteiger partial charge is 0.132 e. The maximum Gasteiger partial charge on any atom is 0.132 e. The van der Waals surface area contributed by atoms with Crippen LogP contribution in [-0.4, -0.2) is 50.0 Å². The van der Waals surface area contributed by atoms with Crippen molar-refractivity contribution in [1.29, 1.82) is 0 Å². The van der Waals surface area contributed by atoms with Crippen LogP contribution in [0.3, 0.4) is 0 Å². The van der Waals surface area contributed by atoms with E-state index in [4.69, 9.17) is 14.2 Å². The average molecular weight is 325 g/mol. The van der Waals surface area contributed by atoms with Crippen molar-refractivity contribution in [3.63, 3.8) is 0 Å². The van der Waals surface area contributed by atoms with E-state index < -0.39 is 6.10 Å². The zero-order valence-electron chi connectivity index (χ0n) is 15.5. The summed E-state index contributed by atoms with van der Waals surface area (Å²) in [6.07, 6.45) is -0.0633. The molecule has 5 heteroatoms. The van der Waals surface area contributed by atoms with Gasteiger partial charge in [0.25, 0.3) is 0 Å². The molecule has 132 valence electrons. The van der Waals surface area contributed by atoms with Gasteiger partial charge in [0.05, 0.1) is 33.0 Å². The van der Waals surface area contributed by atoms with E-state index in [2.05, 4.69) is 32.6 Å². The summed E-state index contributed by atoms with van der Waals surface area (Å²) in [4.78, 5) is 2.33. The van der Waals surface area contributed by atoms with Crippen molar-refractivity contribution in [2.75, 3.05) is 34.4 Å². The first kappa shape index (κ1) is 19.6. The third kappa shape index (κ3) is 5.01. The molecule has 23 heavy (non-hydrogen) atoms. The second kappa shape index (κ2) is 8.41. The van der Waals surface area contributed by atoms with Crippen LogP contribution in [0, 0.1) is 0 Å². The number of aliphatic hydroxyl groups is 1. The molecule has 1 N–H and O–H groups in total. The fraction of sp³-hybridized carbons (Fsp3) is 0.667. The minimum Gasteiger partial charge on any atom is -0.496 e. The third-order valence-electron chi connectivity index (χ3n) is 4.09. The molecule has 0 fully saturated rings. The zero-order valence-corrected chi connectivity index (χ0v) is 15.5. The first-order valence-electron chi connectivity index (χ1n) is 8.01. The number of ether oxygens (including phenoxy) is 3. The molecule has 0 radical (unpaired) electrons. The number of benzene rings is 1. The number of nitrogens with zero attached hydrogens (tertiary/aromatic N) is 1. The fourth-order valence-electron chi connectivity index (χ4n) is 2.75. The molecule has 0 amide bonds. The molecule has 0 aliphatic heterocycles. The predicted octanol–water partition coefficient (Wildman–Crippen LogP) is 3.26. The van der Waals surface area contributed by atoms with Gasteiger partial charge in [-0.15, -0.1) is 0 Å².